The van der Waals surface area contributed by atoms with Crippen molar-refractivity contribution in [2.24, 2.45) is 0 Å². The van der Waals surface area contributed by atoms with Gasteiger partial charge in [-0.2, -0.15) is 0 Å². The molecule has 1 fully saturated rings. The fourth-order valence-electron chi connectivity index (χ4n) is 2.42. The summed E-state index contributed by atoms with van der Waals surface area (Å²) in [5, 5.41) is 13.3. The van der Waals surface area contributed by atoms with Crippen LogP contribution in [0.4, 0.5) is 5.82 Å². The third-order valence-electron chi connectivity index (χ3n) is 3.56. The fourth-order valence-corrected chi connectivity index (χ4v) is 2.53. The first-order chi connectivity index (χ1) is 9.56. The Morgan fingerprint density at radius 2 is 2.25 bits per heavy atom. The lowest BCUT2D eigenvalue weighted by Crippen LogP contribution is -2.48. The van der Waals surface area contributed by atoms with Gasteiger partial charge in [-0.15, -0.1) is 0 Å². The van der Waals surface area contributed by atoms with E-state index in [-0.39, 0.29) is 18.5 Å². The summed E-state index contributed by atoms with van der Waals surface area (Å²) in [6.45, 7) is 0.206. The van der Waals surface area contributed by atoms with Crippen LogP contribution >= 0.6 is 11.6 Å². The molecule has 0 bridgehead atoms. The molecule has 2 atom stereocenters. The molecule has 0 saturated heterocycles. The van der Waals surface area contributed by atoms with Crippen LogP contribution in [0, 0.1) is 0 Å². The zero-order valence-corrected chi connectivity index (χ0v) is 12.3. The van der Waals surface area contributed by atoms with Gasteiger partial charge in [-0.3, -0.25) is 4.79 Å². The van der Waals surface area contributed by atoms with Gasteiger partial charge >= 0.3 is 0 Å². The van der Waals surface area contributed by atoms with Gasteiger partial charge < -0.3 is 15.3 Å². The van der Waals surface area contributed by atoms with E-state index >= 15 is 0 Å². The Balaban J connectivity index is 1.85. The second-order valence-electron chi connectivity index (χ2n) is 5.22. The molecule has 5 nitrogen and oxygen atoms in total. The number of nitrogens with zero attached hydrogens (tertiary/aromatic N) is 2. The molecular weight excluding hydrogens is 278 g/mol. The average Bonchev–Trinajstić information content (AvgIpc) is 2.42. The zero-order chi connectivity index (χ0) is 14.5. The van der Waals surface area contributed by atoms with Gasteiger partial charge in [0.2, 0.25) is 5.91 Å². The van der Waals surface area contributed by atoms with Crippen molar-refractivity contribution in [3.05, 3.63) is 23.4 Å². The summed E-state index contributed by atoms with van der Waals surface area (Å²) in [4.78, 5) is 17.9. The SMILES string of the molecule is CN(CC(=O)N[C@@H]1CCCC[C@H]1O)c1ccc(Cl)cn1. The minimum atomic E-state index is -0.424. The van der Waals surface area contributed by atoms with Crippen LogP contribution < -0.4 is 10.2 Å². The number of aliphatic hydroxyl groups excluding tert-OH is 1. The summed E-state index contributed by atoms with van der Waals surface area (Å²) in [7, 11) is 1.80. The number of pyridine rings is 1. The molecule has 0 radical (unpaired) electrons. The van der Waals surface area contributed by atoms with Crippen molar-refractivity contribution in [3.63, 3.8) is 0 Å². The van der Waals surface area contributed by atoms with Gasteiger partial charge in [-0.25, -0.2) is 4.98 Å². The van der Waals surface area contributed by atoms with Crippen LogP contribution in [0.5, 0.6) is 0 Å². The number of rotatable bonds is 4. The third-order valence-corrected chi connectivity index (χ3v) is 3.78. The molecule has 1 aliphatic carbocycles. The summed E-state index contributed by atoms with van der Waals surface area (Å²) in [5.74, 6) is 0.587. The first kappa shape index (κ1) is 15.1. The van der Waals surface area contributed by atoms with E-state index in [4.69, 9.17) is 11.6 Å². The van der Waals surface area contributed by atoms with E-state index in [9.17, 15) is 9.90 Å². The van der Waals surface area contributed by atoms with Crippen molar-refractivity contribution in [1.29, 1.82) is 0 Å². The first-order valence-corrected chi connectivity index (χ1v) is 7.24. The Hall–Kier alpha value is -1.33. The summed E-state index contributed by atoms with van der Waals surface area (Å²) < 4.78 is 0. The number of amides is 1. The predicted molar refractivity (Wildman–Crippen MR) is 78.9 cm³/mol. The summed E-state index contributed by atoms with van der Waals surface area (Å²) in [6.07, 6.45) is 4.82. The molecule has 1 saturated carbocycles. The van der Waals surface area contributed by atoms with Crippen LogP contribution in [-0.4, -0.2) is 41.7 Å². The minimum Gasteiger partial charge on any atom is -0.391 e. The van der Waals surface area contributed by atoms with Gasteiger partial charge in [0.25, 0.3) is 0 Å². The zero-order valence-electron chi connectivity index (χ0n) is 11.6. The highest BCUT2D eigenvalue weighted by atomic mass is 35.5. The molecule has 20 heavy (non-hydrogen) atoms. The number of carbonyl (C=O) groups is 1. The largest absolute Gasteiger partial charge is 0.391 e. The Kier molecular flexibility index (Phi) is 5.20. The van der Waals surface area contributed by atoms with Gasteiger partial charge in [0.15, 0.2) is 0 Å². The van der Waals surface area contributed by atoms with Crippen LogP contribution in [0.25, 0.3) is 0 Å². The van der Waals surface area contributed by atoms with Crippen molar-refractivity contribution < 1.29 is 9.90 Å². The van der Waals surface area contributed by atoms with Crippen LogP contribution in [0.1, 0.15) is 25.7 Å². The normalized spacial score (nSPS) is 22.4. The number of aliphatic hydroxyl groups is 1. The lowest BCUT2D eigenvalue weighted by atomic mass is 9.92. The number of nitrogens with one attached hydrogen (secondary N) is 1. The van der Waals surface area contributed by atoms with Crippen LogP contribution in [-0.2, 0) is 4.79 Å². The Morgan fingerprint density at radius 1 is 1.50 bits per heavy atom. The molecule has 1 heterocycles. The van der Waals surface area contributed by atoms with E-state index in [1.165, 1.54) is 0 Å². The lowest BCUT2D eigenvalue weighted by molar-refractivity contribution is -0.121. The fraction of sp³-hybridized carbons (Fsp3) is 0.571. The predicted octanol–water partition coefficient (Wildman–Crippen LogP) is 1.59. The maximum atomic E-state index is 12.0. The average molecular weight is 298 g/mol. The van der Waals surface area contributed by atoms with Crippen LogP contribution in [0.15, 0.2) is 18.3 Å². The molecule has 6 heteroatoms. The second kappa shape index (κ2) is 6.90. The van der Waals surface area contributed by atoms with Gasteiger partial charge in [-0.05, 0) is 25.0 Å². The van der Waals surface area contributed by atoms with Crippen molar-refractivity contribution in [2.45, 2.75) is 37.8 Å². The summed E-state index contributed by atoms with van der Waals surface area (Å²) in [6, 6.07) is 3.39. The van der Waals surface area contributed by atoms with E-state index in [0.717, 1.165) is 25.7 Å². The monoisotopic (exact) mass is 297 g/mol. The number of likely N-dealkylation sites (N-methyl/N-ethyl adjacent to an activating group) is 1. The quantitative estimate of drug-likeness (QED) is 0.886. The molecule has 0 unspecified atom stereocenters. The Labute approximate surface area is 123 Å². The maximum absolute atomic E-state index is 12.0. The highest BCUT2D eigenvalue weighted by molar-refractivity contribution is 6.30. The molecule has 1 aromatic rings. The molecule has 1 amide bonds. The molecule has 0 aliphatic heterocycles. The highest BCUT2D eigenvalue weighted by Gasteiger charge is 2.24. The number of hydrogen-bond donors (Lipinski definition) is 2. The second-order valence-corrected chi connectivity index (χ2v) is 5.65. The number of carbonyl (C=O) groups excluding carboxylic acids is 1. The highest BCUT2D eigenvalue weighted by Crippen LogP contribution is 2.18. The van der Waals surface area contributed by atoms with E-state index in [1.54, 1.807) is 30.3 Å². The van der Waals surface area contributed by atoms with Crippen LogP contribution in [0.3, 0.4) is 0 Å². The smallest absolute Gasteiger partial charge is 0.239 e. The Morgan fingerprint density at radius 3 is 2.90 bits per heavy atom. The third kappa shape index (κ3) is 4.08. The molecule has 1 aromatic heterocycles. The van der Waals surface area contributed by atoms with Gasteiger partial charge in [0.05, 0.1) is 23.7 Å². The molecule has 0 spiro atoms. The van der Waals surface area contributed by atoms with Gasteiger partial charge in [-0.1, -0.05) is 24.4 Å². The summed E-state index contributed by atoms with van der Waals surface area (Å²) in [5.41, 5.74) is 0. The van der Waals surface area contributed by atoms with E-state index in [2.05, 4.69) is 10.3 Å². The molecule has 2 N–H and O–H groups in total. The number of anilines is 1. The number of halogens is 1. The first-order valence-electron chi connectivity index (χ1n) is 6.86. The van der Waals surface area contributed by atoms with E-state index < -0.39 is 6.10 Å². The number of aromatic nitrogens is 1. The Bertz CT molecular complexity index is 452. The minimum absolute atomic E-state index is 0.102. The van der Waals surface area contributed by atoms with Crippen LogP contribution in [0.2, 0.25) is 5.02 Å². The number of hydrogen-bond acceptors (Lipinski definition) is 4. The van der Waals surface area contributed by atoms with E-state index in [1.807, 2.05) is 0 Å². The standard InChI is InChI=1S/C14H20ClN3O2/c1-18(13-7-6-10(15)8-16-13)9-14(20)17-11-4-2-3-5-12(11)19/h6-8,11-12,19H,2-5,9H2,1H3,(H,17,20)/t11-,12-/m1/s1. The molecule has 1 aliphatic rings. The topological polar surface area (TPSA) is 65.5 Å². The molecule has 110 valence electrons. The molecule has 0 aromatic carbocycles. The molecular formula is C14H20ClN3O2. The lowest BCUT2D eigenvalue weighted by Gasteiger charge is -2.29. The summed E-state index contributed by atoms with van der Waals surface area (Å²) >= 11 is 5.78. The van der Waals surface area contributed by atoms with Crippen molar-refractivity contribution in [3.8, 4) is 0 Å². The molecule has 2 rings (SSSR count). The van der Waals surface area contributed by atoms with E-state index in [0.29, 0.717) is 10.8 Å². The van der Waals surface area contributed by atoms with Gasteiger partial charge in [0.1, 0.15) is 5.82 Å². The van der Waals surface area contributed by atoms with Crippen molar-refractivity contribution in [2.75, 3.05) is 18.5 Å². The van der Waals surface area contributed by atoms with Gasteiger partial charge in [0, 0.05) is 13.2 Å². The van der Waals surface area contributed by atoms with Crippen molar-refractivity contribution in [1.82, 2.24) is 10.3 Å². The maximum Gasteiger partial charge on any atom is 0.239 e. The van der Waals surface area contributed by atoms with Crippen molar-refractivity contribution >= 4 is 23.3 Å².